The van der Waals surface area contributed by atoms with Crippen molar-refractivity contribution in [2.75, 3.05) is 0 Å². The van der Waals surface area contributed by atoms with Gasteiger partial charge in [0.1, 0.15) is 0 Å². The maximum atomic E-state index is 3.15. The summed E-state index contributed by atoms with van der Waals surface area (Å²) in [5, 5.41) is 0. The fraction of sp³-hybridized carbons (Fsp3) is 0.333. The van der Waals surface area contributed by atoms with Gasteiger partial charge in [-0.05, 0) is 5.56 Å². The van der Waals surface area contributed by atoms with E-state index < -0.39 is 0 Å². The zero-order chi connectivity index (χ0) is 8.81. The highest BCUT2D eigenvalue weighted by molar-refractivity contribution is 5.20. The molecule has 0 saturated carbocycles. The summed E-state index contributed by atoms with van der Waals surface area (Å²) in [5.41, 5.74) is 1.30. The van der Waals surface area contributed by atoms with Crippen LogP contribution in [-0.4, -0.2) is 0 Å². The van der Waals surface area contributed by atoms with Gasteiger partial charge < -0.3 is 0 Å². The quantitative estimate of drug-likeness (QED) is 0.551. The minimum atomic E-state index is 0.480. The molecule has 0 fully saturated rings. The first kappa shape index (κ1) is 8.87. The first-order valence-electron chi connectivity index (χ1n) is 4.31. The molecule has 0 heterocycles. The standard InChI is InChI=1S/C12H14/c1-11(2)7-6-10-12-8-4-3-5-9-12/h3-5,8-9,11H,10H2,1-2H3. The average molecular weight is 158 g/mol. The van der Waals surface area contributed by atoms with Crippen LogP contribution in [0, 0.1) is 17.8 Å². The molecule has 0 radical (unpaired) electrons. The maximum absolute atomic E-state index is 3.15. The molecular weight excluding hydrogens is 144 g/mol. The molecule has 1 rings (SSSR count). The molecule has 0 heteroatoms. The highest BCUT2D eigenvalue weighted by Crippen LogP contribution is 1.98. The minimum Gasteiger partial charge on any atom is -0.100 e. The third kappa shape index (κ3) is 3.25. The molecule has 0 N–H and O–H groups in total. The van der Waals surface area contributed by atoms with Crippen LogP contribution in [0.4, 0.5) is 0 Å². The van der Waals surface area contributed by atoms with Crippen LogP contribution in [0.1, 0.15) is 19.4 Å². The Bertz CT molecular complexity index is 272. The molecule has 0 spiro atoms. The van der Waals surface area contributed by atoms with E-state index in [0.29, 0.717) is 5.92 Å². The molecule has 0 nitrogen and oxygen atoms in total. The van der Waals surface area contributed by atoms with Gasteiger partial charge in [-0.2, -0.15) is 0 Å². The fourth-order valence-corrected chi connectivity index (χ4v) is 0.953. The number of rotatable bonds is 1. The minimum absolute atomic E-state index is 0.480. The van der Waals surface area contributed by atoms with E-state index in [9.17, 15) is 0 Å². The second kappa shape index (κ2) is 4.62. The molecule has 12 heavy (non-hydrogen) atoms. The summed E-state index contributed by atoms with van der Waals surface area (Å²) >= 11 is 0. The van der Waals surface area contributed by atoms with Gasteiger partial charge in [0.2, 0.25) is 0 Å². The van der Waals surface area contributed by atoms with Gasteiger partial charge in [-0.3, -0.25) is 0 Å². The second-order valence-corrected chi connectivity index (χ2v) is 3.14. The van der Waals surface area contributed by atoms with Gasteiger partial charge in [-0.25, -0.2) is 0 Å². The Labute approximate surface area is 74.6 Å². The van der Waals surface area contributed by atoms with Crippen molar-refractivity contribution in [2.45, 2.75) is 20.3 Å². The normalized spacial score (nSPS) is 9.25. The van der Waals surface area contributed by atoms with Gasteiger partial charge in [0.25, 0.3) is 0 Å². The fourth-order valence-electron chi connectivity index (χ4n) is 0.953. The van der Waals surface area contributed by atoms with Gasteiger partial charge >= 0.3 is 0 Å². The van der Waals surface area contributed by atoms with Gasteiger partial charge in [0.15, 0.2) is 0 Å². The average Bonchev–Trinajstić information content (AvgIpc) is 2.05. The Kier molecular flexibility index (Phi) is 3.41. The molecule has 1 aromatic rings. The van der Waals surface area contributed by atoms with E-state index in [1.54, 1.807) is 0 Å². The molecule has 0 bridgehead atoms. The van der Waals surface area contributed by atoms with Crippen molar-refractivity contribution >= 4 is 0 Å². The van der Waals surface area contributed by atoms with E-state index in [-0.39, 0.29) is 0 Å². The number of benzene rings is 1. The van der Waals surface area contributed by atoms with E-state index in [4.69, 9.17) is 0 Å². The van der Waals surface area contributed by atoms with Crippen LogP contribution in [0.2, 0.25) is 0 Å². The molecule has 62 valence electrons. The largest absolute Gasteiger partial charge is 0.100 e. The molecule has 0 aliphatic carbocycles. The SMILES string of the molecule is CC(C)C#CCc1ccccc1. The summed E-state index contributed by atoms with van der Waals surface area (Å²) < 4.78 is 0. The van der Waals surface area contributed by atoms with Crippen molar-refractivity contribution in [1.82, 2.24) is 0 Å². The molecule has 0 saturated heterocycles. The van der Waals surface area contributed by atoms with Crippen LogP contribution in [-0.2, 0) is 6.42 Å². The van der Waals surface area contributed by atoms with Crippen molar-refractivity contribution in [2.24, 2.45) is 5.92 Å². The lowest BCUT2D eigenvalue weighted by molar-refractivity contribution is 0.865. The summed E-state index contributed by atoms with van der Waals surface area (Å²) in [7, 11) is 0. The highest BCUT2D eigenvalue weighted by Gasteiger charge is 1.85. The van der Waals surface area contributed by atoms with Crippen LogP contribution >= 0.6 is 0 Å². The summed E-state index contributed by atoms with van der Waals surface area (Å²) in [5.74, 6) is 6.78. The molecule has 0 aliphatic rings. The van der Waals surface area contributed by atoms with Crippen LogP contribution in [0.25, 0.3) is 0 Å². The van der Waals surface area contributed by atoms with Crippen molar-refractivity contribution in [3.63, 3.8) is 0 Å². The second-order valence-electron chi connectivity index (χ2n) is 3.14. The molecule has 0 aromatic heterocycles. The molecular formula is C12H14. The van der Waals surface area contributed by atoms with Crippen LogP contribution in [0.15, 0.2) is 30.3 Å². The van der Waals surface area contributed by atoms with Crippen molar-refractivity contribution in [1.29, 1.82) is 0 Å². The maximum Gasteiger partial charge on any atom is 0.0340 e. The van der Waals surface area contributed by atoms with E-state index in [1.807, 2.05) is 18.2 Å². The predicted molar refractivity (Wildman–Crippen MR) is 52.8 cm³/mol. The van der Waals surface area contributed by atoms with Crippen molar-refractivity contribution in [3.05, 3.63) is 35.9 Å². The molecule has 0 unspecified atom stereocenters. The Morgan fingerprint density at radius 3 is 2.42 bits per heavy atom. The third-order valence-electron chi connectivity index (χ3n) is 1.53. The van der Waals surface area contributed by atoms with E-state index in [0.717, 1.165) is 6.42 Å². The number of hydrogen-bond acceptors (Lipinski definition) is 0. The molecule has 0 amide bonds. The van der Waals surface area contributed by atoms with Crippen molar-refractivity contribution in [3.8, 4) is 11.8 Å². The first-order valence-corrected chi connectivity index (χ1v) is 4.31. The van der Waals surface area contributed by atoms with E-state index in [2.05, 4.69) is 37.8 Å². The van der Waals surface area contributed by atoms with Crippen molar-refractivity contribution < 1.29 is 0 Å². The lowest BCUT2D eigenvalue weighted by atomic mass is 10.1. The van der Waals surface area contributed by atoms with Gasteiger partial charge in [-0.1, -0.05) is 50.1 Å². The van der Waals surface area contributed by atoms with Crippen LogP contribution in [0.3, 0.4) is 0 Å². The Balaban J connectivity index is 2.51. The summed E-state index contributed by atoms with van der Waals surface area (Å²) in [4.78, 5) is 0. The highest BCUT2D eigenvalue weighted by atomic mass is 13.9. The van der Waals surface area contributed by atoms with Gasteiger partial charge in [0, 0.05) is 12.3 Å². The Morgan fingerprint density at radius 1 is 1.17 bits per heavy atom. The Morgan fingerprint density at radius 2 is 1.83 bits per heavy atom. The lowest BCUT2D eigenvalue weighted by Crippen LogP contribution is -1.82. The number of hydrogen-bond donors (Lipinski definition) is 0. The van der Waals surface area contributed by atoms with Gasteiger partial charge in [0.05, 0.1) is 0 Å². The van der Waals surface area contributed by atoms with Gasteiger partial charge in [-0.15, -0.1) is 5.92 Å². The lowest BCUT2D eigenvalue weighted by Gasteiger charge is -1.92. The molecule has 1 aromatic carbocycles. The first-order chi connectivity index (χ1) is 5.79. The molecule has 0 aliphatic heterocycles. The van der Waals surface area contributed by atoms with E-state index in [1.165, 1.54) is 5.56 Å². The Hall–Kier alpha value is -1.22. The monoisotopic (exact) mass is 158 g/mol. The predicted octanol–water partition coefficient (Wildman–Crippen LogP) is 2.89. The summed E-state index contributed by atoms with van der Waals surface area (Å²) in [6.45, 7) is 4.22. The summed E-state index contributed by atoms with van der Waals surface area (Å²) in [6.07, 6.45) is 0.874. The molecule has 0 atom stereocenters. The van der Waals surface area contributed by atoms with E-state index >= 15 is 0 Å². The summed E-state index contributed by atoms with van der Waals surface area (Å²) in [6, 6.07) is 10.3. The van der Waals surface area contributed by atoms with Crippen LogP contribution < -0.4 is 0 Å². The zero-order valence-corrected chi connectivity index (χ0v) is 7.67. The topological polar surface area (TPSA) is 0 Å². The third-order valence-corrected chi connectivity index (χ3v) is 1.53. The smallest absolute Gasteiger partial charge is 0.0340 e. The van der Waals surface area contributed by atoms with Crippen LogP contribution in [0.5, 0.6) is 0 Å². The zero-order valence-electron chi connectivity index (χ0n) is 7.67.